The lowest BCUT2D eigenvalue weighted by Crippen LogP contribution is -2.17. The lowest BCUT2D eigenvalue weighted by atomic mass is 10.1. The predicted molar refractivity (Wildman–Crippen MR) is 85.3 cm³/mol. The van der Waals surface area contributed by atoms with Gasteiger partial charge in [0, 0.05) is 6.04 Å². The molecule has 0 unspecified atom stereocenters. The van der Waals surface area contributed by atoms with Crippen LogP contribution >= 0.6 is 11.3 Å². The Morgan fingerprint density at radius 3 is 2.85 bits per heavy atom. The summed E-state index contributed by atoms with van der Waals surface area (Å²) >= 11 is 1.65. The number of rotatable bonds is 5. The molecule has 0 radical (unpaired) electrons. The smallest absolute Gasteiger partial charge is 0.138 e. The molecule has 3 aromatic rings. The molecule has 0 saturated carbocycles. The third kappa shape index (κ3) is 2.96. The molecule has 0 spiro atoms. The molecule has 3 nitrogen and oxygen atoms in total. The van der Waals surface area contributed by atoms with Crippen LogP contribution in [0.4, 0.5) is 5.82 Å². The van der Waals surface area contributed by atoms with Gasteiger partial charge in [0.2, 0.25) is 0 Å². The highest BCUT2D eigenvalue weighted by atomic mass is 32.1. The molecule has 20 heavy (non-hydrogen) atoms. The Kier molecular flexibility index (Phi) is 3.92. The van der Waals surface area contributed by atoms with E-state index in [1.54, 1.807) is 17.7 Å². The molecule has 0 bridgehead atoms. The molecule has 0 aliphatic carbocycles. The van der Waals surface area contributed by atoms with Crippen molar-refractivity contribution in [2.75, 3.05) is 5.32 Å². The van der Waals surface area contributed by atoms with E-state index < -0.39 is 0 Å². The van der Waals surface area contributed by atoms with Gasteiger partial charge in [-0.2, -0.15) is 0 Å². The molecule has 0 aliphatic heterocycles. The predicted octanol–water partition coefficient (Wildman–Crippen LogP) is 4.12. The van der Waals surface area contributed by atoms with Crippen LogP contribution in [-0.4, -0.2) is 16.0 Å². The first-order chi connectivity index (χ1) is 9.83. The summed E-state index contributed by atoms with van der Waals surface area (Å²) in [6.07, 6.45) is 3.79. The first-order valence-electron chi connectivity index (χ1n) is 6.81. The van der Waals surface area contributed by atoms with Crippen molar-refractivity contribution >= 4 is 27.4 Å². The number of hydrogen-bond donors (Lipinski definition) is 1. The highest BCUT2D eigenvalue weighted by Gasteiger charge is 2.08. The maximum atomic E-state index is 4.36. The summed E-state index contributed by atoms with van der Waals surface area (Å²) in [5, 5.41) is 6.67. The van der Waals surface area contributed by atoms with Crippen molar-refractivity contribution in [1.82, 2.24) is 9.97 Å². The molecule has 0 amide bonds. The van der Waals surface area contributed by atoms with Crippen LogP contribution in [0.1, 0.15) is 18.9 Å². The van der Waals surface area contributed by atoms with Gasteiger partial charge in [0.25, 0.3) is 0 Å². The van der Waals surface area contributed by atoms with Gasteiger partial charge in [0.15, 0.2) is 0 Å². The van der Waals surface area contributed by atoms with E-state index in [1.807, 2.05) is 0 Å². The van der Waals surface area contributed by atoms with Crippen LogP contribution in [0.15, 0.2) is 48.1 Å². The van der Waals surface area contributed by atoms with Crippen LogP contribution < -0.4 is 5.32 Å². The van der Waals surface area contributed by atoms with Gasteiger partial charge in [-0.25, -0.2) is 9.97 Å². The fourth-order valence-electron chi connectivity index (χ4n) is 2.24. The Morgan fingerprint density at radius 2 is 2.00 bits per heavy atom. The number of thiophene rings is 1. The SMILES string of the molecule is C[C@H](CCc1ccccc1)Nc1ncnc2sccc12. The first kappa shape index (κ1) is 13.1. The van der Waals surface area contributed by atoms with Crippen molar-refractivity contribution in [2.45, 2.75) is 25.8 Å². The van der Waals surface area contributed by atoms with E-state index in [-0.39, 0.29) is 0 Å². The second-order valence-electron chi connectivity index (χ2n) is 4.93. The van der Waals surface area contributed by atoms with Crippen molar-refractivity contribution in [3.8, 4) is 0 Å². The topological polar surface area (TPSA) is 37.8 Å². The summed E-state index contributed by atoms with van der Waals surface area (Å²) < 4.78 is 0. The zero-order chi connectivity index (χ0) is 13.8. The van der Waals surface area contributed by atoms with Crippen LogP contribution in [0.5, 0.6) is 0 Å². The quantitative estimate of drug-likeness (QED) is 0.765. The van der Waals surface area contributed by atoms with Crippen molar-refractivity contribution < 1.29 is 0 Å². The lowest BCUT2D eigenvalue weighted by molar-refractivity contribution is 0.704. The first-order valence-corrected chi connectivity index (χ1v) is 7.69. The number of aromatic nitrogens is 2. The molecular formula is C16H17N3S. The number of hydrogen-bond acceptors (Lipinski definition) is 4. The number of aryl methyl sites for hydroxylation is 1. The monoisotopic (exact) mass is 283 g/mol. The highest BCUT2D eigenvalue weighted by Crippen LogP contribution is 2.24. The molecule has 0 aliphatic rings. The van der Waals surface area contributed by atoms with E-state index >= 15 is 0 Å². The summed E-state index contributed by atoms with van der Waals surface area (Å²) in [6.45, 7) is 2.20. The van der Waals surface area contributed by atoms with Crippen LogP contribution in [0.25, 0.3) is 10.2 Å². The van der Waals surface area contributed by atoms with Gasteiger partial charge in [-0.15, -0.1) is 11.3 Å². The molecule has 3 rings (SSSR count). The molecule has 1 N–H and O–H groups in total. The molecule has 0 saturated heterocycles. The number of fused-ring (bicyclic) bond motifs is 1. The number of nitrogens with one attached hydrogen (secondary N) is 1. The molecule has 4 heteroatoms. The summed E-state index contributed by atoms with van der Waals surface area (Å²) in [5.41, 5.74) is 1.38. The Morgan fingerprint density at radius 1 is 1.15 bits per heavy atom. The summed E-state index contributed by atoms with van der Waals surface area (Å²) in [6, 6.07) is 13.0. The van der Waals surface area contributed by atoms with Crippen molar-refractivity contribution in [3.05, 3.63) is 53.7 Å². The van der Waals surface area contributed by atoms with E-state index in [1.165, 1.54) is 5.56 Å². The second kappa shape index (κ2) is 6.01. The molecule has 102 valence electrons. The van der Waals surface area contributed by atoms with Crippen LogP contribution in [-0.2, 0) is 6.42 Å². The van der Waals surface area contributed by atoms with E-state index in [9.17, 15) is 0 Å². The Hall–Kier alpha value is -1.94. The van der Waals surface area contributed by atoms with E-state index in [0.717, 1.165) is 28.9 Å². The van der Waals surface area contributed by atoms with Gasteiger partial charge >= 0.3 is 0 Å². The van der Waals surface area contributed by atoms with Crippen LogP contribution in [0.3, 0.4) is 0 Å². The number of nitrogens with zero attached hydrogens (tertiary/aromatic N) is 2. The zero-order valence-corrected chi connectivity index (χ0v) is 12.2. The van der Waals surface area contributed by atoms with E-state index in [4.69, 9.17) is 0 Å². The van der Waals surface area contributed by atoms with Gasteiger partial charge < -0.3 is 5.32 Å². The summed E-state index contributed by atoms with van der Waals surface area (Å²) in [7, 11) is 0. The van der Waals surface area contributed by atoms with Gasteiger partial charge in [-0.3, -0.25) is 0 Å². The van der Waals surface area contributed by atoms with Gasteiger partial charge in [-0.05, 0) is 36.8 Å². The Labute approximate surface area is 122 Å². The molecule has 0 fully saturated rings. The summed E-state index contributed by atoms with van der Waals surface area (Å²) in [5.74, 6) is 0.941. The Bertz CT molecular complexity index is 678. The second-order valence-corrected chi connectivity index (χ2v) is 5.83. The maximum absolute atomic E-state index is 4.36. The average molecular weight is 283 g/mol. The third-order valence-electron chi connectivity index (χ3n) is 3.35. The van der Waals surface area contributed by atoms with Crippen molar-refractivity contribution in [1.29, 1.82) is 0 Å². The largest absolute Gasteiger partial charge is 0.367 e. The van der Waals surface area contributed by atoms with Crippen LogP contribution in [0.2, 0.25) is 0 Å². The maximum Gasteiger partial charge on any atom is 0.138 e. The Balaban J connectivity index is 1.64. The third-order valence-corrected chi connectivity index (χ3v) is 4.17. The van der Waals surface area contributed by atoms with E-state index in [2.05, 4.69) is 64.0 Å². The molecular weight excluding hydrogens is 266 g/mol. The average Bonchev–Trinajstić information content (AvgIpc) is 2.96. The standard InChI is InChI=1S/C16H17N3S/c1-12(7-8-13-5-3-2-4-6-13)19-15-14-9-10-20-16(14)18-11-17-15/h2-6,9-12H,7-8H2,1H3,(H,17,18,19)/t12-/m1/s1. The van der Waals surface area contributed by atoms with E-state index in [0.29, 0.717) is 6.04 Å². The fraction of sp³-hybridized carbons (Fsp3) is 0.250. The molecule has 2 heterocycles. The fourth-order valence-corrected chi connectivity index (χ4v) is 2.97. The molecule has 2 aromatic heterocycles. The lowest BCUT2D eigenvalue weighted by Gasteiger charge is -2.14. The van der Waals surface area contributed by atoms with Gasteiger partial charge in [-0.1, -0.05) is 30.3 Å². The highest BCUT2D eigenvalue weighted by molar-refractivity contribution is 7.16. The minimum absolute atomic E-state index is 0.383. The zero-order valence-electron chi connectivity index (χ0n) is 11.4. The molecule has 1 atom stereocenters. The van der Waals surface area contributed by atoms with Gasteiger partial charge in [0.1, 0.15) is 17.0 Å². The molecule has 1 aromatic carbocycles. The normalized spacial score (nSPS) is 12.4. The number of benzene rings is 1. The summed E-state index contributed by atoms with van der Waals surface area (Å²) in [4.78, 5) is 9.67. The van der Waals surface area contributed by atoms with Gasteiger partial charge in [0.05, 0.1) is 5.39 Å². The van der Waals surface area contributed by atoms with Crippen molar-refractivity contribution in [2.24, 2.45) is 0 Å². The minimum Gasteiger partial charge on any atom is -0.367 e. The van der Waals surface area contributed by atoms with Crippen molar-refractivity contribution in [3.63, 3.8) is 0 Å². The minimum atomic E-state index is 0.383. The van der Waals surface area contributed by atoms with Crippen LogP contribution in [0, 0.1) is 0 Å². The number of anilines is 1.